The number of unbranched alkanes of at least 4 members (excludes halogenated alkanes) is 3. The van der Waals surface area contributed by atoms with Gasteiger partial charge in [-0.2, -0.15) is 0 Å². The number of aromatic nitrogens is 2. The van der Waals surface area contributed by atoms with Crippen molar-refractivity contribution in [3.05, 3.63) is 129 Å². The smallest absolute Gasteiger partial charge is 0.330 e. The van der Waals surface area contributed by atoms with E-state index in [0.29, 0.717) is 23.6 Å². The minimum Gasteiger partial charge on any atom is -0.493 e. The molecule has 1 saturated heterocycles. The largest absolute Gasteiger partial charge is 0.493 e. The van der Waals surface area contributed by atoms with Gasteiger partial charge in [-0.1, -0.05) is 99.0 Å². The molecule has 0 radical (unpaired) electrons. The summed E-state index contributed by atoms with van der Waals surface area (Å²) in [6.07, 6.45) is 0.926. The summed E-state index contributed by atoms with van der Waals surface area (Å²) in [6.45, 7) is 2.24. The number of para-hydroxylation sites is 1. The van der Waals surface area contributed by atoms with Crippen LogP contribution in [0.25, 0.3) is 0 Å². The van der Waals surface area contributed by atoms with Crippen molar-refractivity contribution in [2.45, 2.75) is 62.4 Å². The predicted molar refractivity (Wildman–Crippen MR) is 177 cm³/mol. The Labute approximate surface area is 273 Å². The summed E-state index contributed by atoms with van der Waals surface area (Å²) in [5.74, 6) is 0.958. The number of hydrogen-bond donors (Lipinski definition) is 4. The molecule has 0 unspecified atom stereocenters. The molecule has 0 saturated carbocycles. The number of rotatable bonds is 15. The summed E-state index contributed by atoms with van der Waals surface area (Å²) in [7, 11) is 3.12. The van der Waals surface area contributed by atoms with Crippen molar-refractivity contribution in [2.75, 3.05) is 27.4 Å². The Kier molecular flexibility index (Phi) is 10.9. The summed E-state index contributed by atoms with van der Waals surface area (Å²) in [5, 5.41) is 26.8. The Hall–Kier alpha value is -4.26. The summed E-state index contributed by atoms with van der Waals surface area (Å²) in [6, 6.07) is 25.9. The number of aromatic amines is 1. The first kappa shape index (κ1) is 34.1. The zero-order chi connectivity index (χ0) is 33.4. The predicted octanol–water partition coefficient (Wildman–Crippen LogP) is 3.68. The third-order valence-electron chi connectivity index (χ3n) is 8.63. The molecule has 1 aliphatic heterocycles. The molecule has 4 N–H and O–H groups in total. The number of methoxy groups -OCH3 is 2. The lowest BCUT2D eigenvalue weighted by Gasteiger charge is -2.38. The third kappa shape index (κ3) is 6.76. The number of benzene rings is 3. The fourth-order valence-corrected chi connectivity index (χ4v) is 6.26. The number of H-pyrrole nitrogens is 1. The van der Waals surface area contributed by atoms with Crippen LogP contribution in [0, 0.1) is 0 Å². The molecular weight excluding hydrogens is 602 g/mol. The molecule has 1 fully saturated rings. The van der Waals surface area contributed by atoms with Gasteiger partial charge in [0.1, 0.15) is 17.8 Å². The maximum absolute atomic E-state index is 12.9. The highest BCUT2D eigenvalue weighted by atomic mass is 16.6. The van der Waals surface area contributed by atoms with Crippen LogP contribution < -0.4 is 26.0 Å². The van der Waals surface area contributed by atoms with Gasteiger partial charge in [-0.15, -0.1) is 0 Å². The topological polar surface area (TPSA) is 144 Å². The van der Waals surface area contributed by atoms with E-state index in [1.165, 1.54) is 6.20 Å². The van der Waals surface area contributed by atoms with Gasteiger partial charge >= 0.3 is 5.69 Å². The molecule has 0 bridgehead atoms. The second-order valence-electron chi connectivity index (χ2n) is 11.6. The van der Waals surface area contributed by atoms with Gasteiger partial charge in [0.25, 0.3) is 5.56 Å². The van der Waals surface area contributed by atoms with Crippen LogP contribution >= 0.6 is 0 Å². The molecule has 4 aromatic rings. The molecule has 0 spiro atoms. The zero-order valence-corrected chi connectivity index (χ0v) is 26.9. The molecule has 5 rings (SSSR count). The molecule has 47 heavy (non-hydrogen) atoms. The second kappa shape index (κ2) is 15.1. The highest BCUT2D eigenvalue weighted by Crippen LogP contribution is 2.48. The van der Waals surface area contributed by atoms with Crippen LogP contribution in [-0.2, 0) is 15.1 Å². The number of ether oxygens (including phenoxy) is 4. The maximum atomic E-state index is 12.9. The van der Waals surface area contributed by atoms with Crippen LogP contribution in [0.2, 0.25) is 0 Å². The molecule has 250 valence electrons. The average molecular weight is 646 g/mol. The first-order valence-electron chi connectivity index (χ1n) is 15.9. The van der Waals surface area contributed by atoms with Gasteiger partial charge in [0.15, 0.2) is 23.5 Å². The van der Waals surface area contributed by atoms with E-state index in [2.05, 4.69) is 17.2 Å². The molecule has 3 aromatic carbocycles. The average Bonchev–Trinajstić information content (AvgIpc) is 3.34. The van der Waals surface area contributed by atoms with Gasteiger partial charge in [-0.3, -0.25) is 19.7 Å². The Morgan fingerprint density at radius 2 is 1.60 bits per heavy atom. The van der Waals surface area contributed by atoms with Crippen LogP contribution in [-0.4, -0.2) is 65.1 Å². The Bertz CT molecular complexity index is 1670. The van der Waals surface area contributed by atoms with Gasteiger partial charge in [-0.25, -0.2) is 4.79 Å². The van der Waals surface area contributed by atoms with E-state index in [9.17, 15) is 19.8 Å². The first-order chi connectivity index (χ1) is 22.8. The van der Waals surface area contributed by atoms with Crippen LogP contribution in [0.5, 0.6) is 11.5 Å². The quantitative estimate of drug-likeness (QED) is 0.0865. The van der Waals surface area contributed by atoms with Crippen molar-refractivity contribution < 1.29 is 29.2 Å². The van der Waals surface area contributed by atoms with Gasteiger partial charge < -0.3 is 29.2 Å². The SMILES string of the molecule is CCCCCCN[C@@]1(O)[C@H](O)[C@@H](COC(c2ccccc2)(c2ccccc2)c2cccc(OC)c2OC)O[C@H]1n1ccc(=O)[nH]c1=O. The number of aliphatic hydroxyl groups is 2. The number of aliphatic hydroxyl groups excluding tert-OH is 1. The molecule has 11 heteroatoms. The fraction of sp³-hybridized carbons (Fsp3) is 0.389. The number of nitrogens with zero attached hydrogens (tertiary/aromatic N) is 1. The van der Waals surface area contributed by atoms with Crippen molar-refractivity contribution in [1.82, 2.24) is 14.9 Å². The van der Waals surface area contributed by atoms with Crippen LogP contribution in [0.3, 0.4) is 0 Å². The molecule has 2 heterocycles. The Balaban J connectivity index is 1.59. The lowest BCUT2D eigenvalue weighted by molar-refractivity contribution is -0.132. The van der Waals surface area contributed by atoms with Crippen molar-refractivity contribution >= 4 is 0 Å². The highest BCUT2D eigenvalue weighted by Gasteiger charge is 2.57. The Morgan fingerprint density at radius 3 is 2.19 bits per heavy atom. The van der Waals surface area contributed by atoms with E-state index in [0.717, 1.165) is 47.4 Å². The van der Waals surface area contributed by atoms with Gasteiger partial charge in [-0.05, 0) is 30.2 Å². The Morgan fingerprint density at radius 1 is 0.915 bits per heavy atom. The summed E-state index contributed by atoms with van der Waals surface area (Å²) in [5.41, 5.74) is -2.59. The van der Waals surface area contributed by atoms with E-state index in [1.54, 1.807) is 20.3 Å². The van der Waals surface area contributed by atoms with Crippen molar-refractivity contribution in [1.29, 1.82) is 0 Å². The lowest BCUT2D eigenvalue weighted by atomic mass is 9.79. The van der Waals surface area contributed by atoms with Crippen LogP contribution in [0.15, 0.2) is 101 Å². The highest BCUT2D eigenvalue weighted by molar-refractivity contribution is 5.57. The maximum Gasteiger partial charge on any atom is 0.330 e. The van der Waals surface area contributed by atoms with Gasteiger partial charge in [0, 0.05) is 17.8 Å². The second-order valence-corrected chi connectivity index (χ2v) is 11.6. The van der Waals surface area contributed by atoms with E-state index in [-0.39, 0.29) is 6.61 Å². The number of hydrogen-bond acceptors (Lipinski definition) is 9. The van der Waals surface area contributed by atoms with Gasteiger partial charge in [0.2, 0.25) is 0 Å². The van der Waals surface area contributed by atoms with Crippen LogP contribution in [0.1, 0.15) is 55.5 Å². The number of nitrogens with one attached hydrogen (secondary N) is 2. The molecular formula is C36H43N3O8. The van der Waals surface area contributed by atoms with E-state index >= 15 is 0 Å². The standard InChI is InChI=1S/C36H43N3O8/c1-4-5-6-13-22-37-36(43)32(41)29(47-33(36)39-23-21-30(40)38-34(39)42)24-46-35(25-15-9-7-10-16-25,26-17-11-8-12-18-26)27-19-14-20-28(44-2)31(27)45-3/h7-12,14-21,23,29,32-33,37,41,43H,4-6,13,22,24H2,1-3H3,(H,38,40,42)/t29-,32-,33-,36-/m1/s1. The molecule has 0 amide bonds. The van der Waals surface area contributed by atoms with E-state index < -0.39 is 41.0 Å². The van der Waals surface area contributed by atoms with Crippen molar-refractivity contribution in [2.24, 2.45) is 0 Å². The minimum atomic E-state index is -2.09. The lowest BCUT2D eigenvalue weighted by Crippen LogP contribution is -2.59. The molecule has 4 atom stereocenters. The third-order valence-corrected chi connectivity index (χ3v) is 8.63. The fourth-order valence-electron chi connectivity index (χ4n) is 6.26. The first-order valence-corrected chi connectivity index (χ1v) is 15.9. The molecule has 1 aliphatic rings. The minimum absolute atomic E-state index is 0.222. The summed E-state index contributed by atoms with van der Waals surface area (Å²) < 4.78 is 25.9. The molecule has 11 nitrogen and oxygen atoms in total. The van der Waals surface area contributed by atoms with Crippen LogP contribution in [0.4, 0.5) is 0 Å². The van der Waals surface area contributed by atoms with E-state index in [1.807, 2.05) is 72.8 Å². The summed E-state index contributed by atoms with van der Waals surface area (Å²) in [4.78, 5) is 27.0. The van der Waals surface area contributed by atoms with Crippen molar-refractivity contribution in [3.63, 3.8) is 0 Å². The van der Waals surface area contributed by atoms with Gasteiger partial charge in [0.05, 0.1) is 20.8 Å². The summed E-state index contributed by atoms with van der Waals surface area (Å²) >= 11 is 0. The molecule has 0 aliphatic carbocycles. The monoisotopic (exact) mass is 645 g/mol. The van der Waals surface area contributed by atoms with E-state index in [4.69, 9.17) is 18.9 Å². The van der Waals surface area contributed by atoms with Crippen molar-refractivity contribution in [3.8, 4) is 11.5 Å². The zero-order valence-electron chi connectivity index (χ0n) is 26.9. The molecule has 1 aromatic heterocycles. The normalized spacial score (nSPS) is 21.1.